The number of nitriles is 1. The van der Waals surface area contributed by atoms with E-state index in [0.29, 0.717) is 22.3 Å². The van der Waals surface area contributed by atoms with Crippen molar-refractivity contribution >= 4 is 27.9 Å². The summed E-state index contributed by atoms with van der Waals surface area (Å²) in [5.74, 6) is 0.191. The molecule has 6 heteroatoms. The van der Waals surface area contributed by atoms with Gasteiger partial charge in [0.15, 0.2) is 5.43 Å². The fraction of sp³-hybridized carbons (Fsp3) is 0.227. The van der Waals surface area contributed by atoms with E-state index in [9.17, 15) is 10.1 Å². The molecule has 0 bridgehead atoms. The molecule has 0 saturated heterocycles. The summed E-state index contributed by atoms with van der Waals surface area (Å²) in [5.41, 5.74) is 5.47. The Balaban J connectivity index is 2.07. The van der Waals surface area contributed by atoms with Gasteiger partial charge in [0.25, 0.3) is 0 Å². The zero-order chi connectivity index (χ0) is 20.0. The van der Waals surface area contributed by atoms with Crippen molar-refractivity contribution in [2.24, 2.45) is 0 Å². The van der Waals surface area contributed by atoms with Crippen LogP contribution in [0.3, 0.4) is 0 Å². The van der Waals surface area contributed by atoms with Gasteiger partial charge >= 0.3 is 0 Å². The Morgan fingerprint density at radius 1 is 1.21 bits per heavy atom. The zero-order valence-corrected chi connectivity index (χ0v) is 16.9. The van der Waals surface area contributed by atoms with Crippen LogP contribution < -0.4 is 10.7 Å². The first-order valence-corrected chi connectivity index (χ1v) is 9.83. The van der Waals surface area contributed by atoms with Gasteiger partial charge in [0, 0.05) is 39.7 Å². The molecule has 28 heavy (non-hydrogen) atoms. The Labute approximate surface area is 166 Å². The van der Waals surface area contributed by atoms with Crippen LogP contribution in [0, 0.1) is 25.2 Å². The van der Waals surface area contributed by atoms with E-state index in [0.717, 1.165) is 33.2 Å². The molecule has 0 spiro atoms. The van der Waals surface area contributed by atoms with Crippen LogP contribution in [0.25, 0.3) is 16.5 Å². The lowest BCUT2D eigenvalue weighted by atomic mass is 9.80. The van der Waals surface area contributed by atoms with Gasteiger partial charge in [0.2, 0.25) is 0 Å². The standard InChI is InChI=1S/C22H19N3O2S/c1-11-10-28-22(24-11)19-14(4)25-13(3)17(9-23)20(19)16-7-5-6-15-18(26)8-12(2)27-21(15)16/h5-8,10,20,25H,1-4H3. The molecular weight excluding hydrogens is 370 g/mol. The molecule has 5 nitrogen and oxygen atoms in total. The number of aromatic nitrogens is 1. The number of allylic oxidation sites excluding steroid dienone is 4. The molecule has 1 aromatic carbocycles. The van der Waals surface area contributed by atoms with Crippen LogP contribution in [0.2, 0.25) is 0 Å². The number of thiazole rings is 1. The first kappa shape index (κ1) is 18.2. The number of para-hydroxylation sites is 1. The number of fused-ring (bicyclic) bond motifs is 1. The predicted molar refractivity (Wildman–Crippen MR) is 111 cm³/mol. The van der Waals surface area contributed by atoms with E-state index < -0.39 is 0 Å². The van der Waals surface area contributed by atoms with Crippen molar-refractivity contribution in [3.05, 3.63) is 78.9 Å². The highest BCUT2D eigenvalue weighted by Gasteiger charge is 2.33. The predicted octanol–water partition coefficient (Wildman–Crippen LogP) is 4.78. The van der Waals surface area contributed by atoms with Crippen molar-refractivity contribution in [3.8, 4) is 6.07 Å². The lowest BCUT2D eigenvalue weighted by Gasteiger charge is -2.29. The number of benzene rings is 1. The quantitative estimate of drug-likeness (QED) is 0.682. The number of hydrogen-bond donors (Lipinski definition) is 1. The number of rotatable bonds is 2. The highest BCUT2D eigenvalue weighted by Crippen LogP contribution is 2.45. The van der Waals surface area contributed by atoms with Gasteiger partial charge in [-0.1, -0.05) is 12.1 Å². The van der Waals surface area contributed by atoms with Crippen LogP contribution >= 0.6 is 11.3 Å². The van der Waals surface area contributed by atoms with Crippen LogP contribution in [0.15, 0.2) is 55.8 Å². The van der Waals surface area contributed by atoms with Gasteiger partial charge in [-0.05, 0) is 33.8 Å². The third-order valence-electron chi connectivity index (χ3n) is 4.95. The average molecular weight is 389 g/mol. The maximum absolute atomic E-state index is 12.5. The molecule has 3 heterocycles. The van der Waals surface area contributed by atoms with Gasteiger partial charge in [0.1, 0.15) is 16.4 Å². The molecule has 140 valence electrons. The summed E-state index contributed by atoms with van der Waals surface area (Å²) in [6.07, 6.45) is 0. The first-order chi connectivity index (χ1) is 13.4. The van der Waals surface area contributed by atoms with E-state index >= 15 is 0 Å². The summed E-state index contributed by atoms with van der Waals surface area (Å²) < 4.78 is 5.99. The SMILES string of the molecule is CC1=C(C#N)C(c2cccc3c(=O)cc(C)oc23)C(c2nc(C)cs2)=C(C)N1. The molecule has 3 aromatic rings. The summed E-state index contributed by atoms with van der Waals surface area (Å²) in [4.78, 5) is 17.2. The molecule has 0 fully saturated rings. The second kappa shape index (κ2) is 6.77. The van der Waals surface area contributed by atoms with Crippen LogP contribution in [0.1, 0.15) is 41.8 Å². The lowest BCUT2D eigenvalue weighted by Crippen LogP contribution is -2.23. The van der Waals surface area contributed by atoms with Crippen molar-refractivity contribution in [2.45, 2.75) is 33.6 Å². The van der Waals surface area contributed by atoms with Crippen LogP contribution in [0.4, 0.5) is 0 Å². The van der Waals surface area contributed by atoms with Gasteiger partial charge in [-0.2, -0.15) is 5.26 Å². The van der Waals surface area contributed by atoms with Crippen LogP contribution in [0.5, 0.6) is 0 Å². The van der Waals surface area contributed by atoms with Gasteiger partial charge in [-0.3, -0.25) is 4.79 Å². The van der Waals surface area contributed by atoms with Crippen molar-refractivity contribution in [2.75, 3.05) is 0 Å². The molecule has 1 aliphatic heterocycles. The fourth-order valence-corrected chi connectivity index (χ4v) is 4.69. The van der Waals surface area contributed by atoms with Crippen LogP contribution in [-0.2, 0) is 0 Å². The second-order valence-electron chi connectivity index (χ2n) is 6.99. The third kappa shape index (κ3) is 2.85. The number of nitrogens with zero attached hydrogens (tertiary/aromatic N) is 2. The average Bonchev–Trinajstić information content (AvgIpc) is 3.06. The molecule has 4 rings (SSSR count). The molecule has 0 aliphatic carbocycles. The Bertz CT molecular complexity index is 1270. The fourth-order valence-electron chi connectivity index (χ4n) is 3.76. The number of nitrogens with one attached hydrogen (secondary N) is 1. The van der Waals surface area contributed by atoms with Gasteiger partial charge < -0.3 is 9.73 Å². The molecular formula is C22H19N3O2S. The molecule has 0 saturated carbocycles. The highest BCUT2D eigenvalue weighted by atomic mass is 32.1. The Hall–Kier alpha value is -3.17. The van der Waals surface area contributed by atoms with Crippen molar-refractivity contribution in [1.29, 1.82) is 5.26 Å². The molecule has 2 aromatic heterocycles. The Morgan fingerprint density at radius 2 is 2.00 bits per heavy atom. The minimum Gasteiger partial charge on any atom is -0.461 e. The molecule has 1 N–H and O–H groups in total. The summed E-state index contributed by atoms with van der Waals surface area (Å²) in [5, 5.41) is 16.6. The molecule has 1 aliphatic rings. The Kier molecular flexibility index (Phi) is 4.40. The normalized spacial score (nSPS) is 17.0. The zero-order valence-electron chi connectivity index (χ0n) is 16.1. The monoisotopic (exact) mass is 389 g/mol. The van der Waals surface area contributed by atoms with E-state index in [2.05, 4.69) is 16.4 Å². The van der Waals surface area contributed by atoms with E-state index in [-0.39, 0.29) is 11.3 Å². The summed E-state index contributed by atoms with van der Waals surface area (Å²) >= 11 is 1.55. The summed E-state index contributed by atoms with van der Waals surface area (Å²) in [6.45, 7) is 7.60. The van der Waals surface area contributed by atoms with Gasteiger partial charge in [-0.15, -0.1) is 11.3 Å². The molecule has 0 radical (unpaired) electrons. The number of aryl methyl sites for hydroxylation is 2. The third-order valence-corrected chi connectivity index (χ3v) is 5.94. The molecule has 1 atom stereocenters. The largest absolute Gasteiger partial charge is 0.461 e. The minimum atomic E-state index is -0.356. The molecule has 1 unspecified atom stereocenters. The lowest BCUT2D eigenvalue weighted by molar-refractivity contribution is 0.560. The number of hydrogen-bond acceptors (Lipinski definition) is 6. The van der Waals surface area contributed by atoms with E-state index in [1.54, 1.807) is 24.3 Å². The van der Waals surface area contributed by atoms with E-state index in [1.165, 1.54) is 6.07 Å². The smallest absolute Gasteiger partial charge is 0.192 e. The maximum atomic E-state index is 12.5. The van der Waals surface area contributed by atoms with Gasteiger partial charge in [0.05, 0.1) is 22.9 Å². The topological polar surface area (TPSA) is 78.9 Å². The summed E-state index contributed by atoms with van der Waals surface area (Å²) in [7, 11) is 0. The molecule has 0 amide bonds. The first-order valence-electron chi connectivity index (χ1n) is 8.95. The van der Waals surface area contributed by atoms with Crippen molar-refractivity contribution < 1.29 is 4.42 Å². The Morgan fingerprint density at radius 3 is 2.68 bits per heavy atom. The summed E-state index contributed by atoms with van der Waals surface area (Å²) in [6, 6.07) is 9.39. The number of dihydropyridines is 1. The van der Waals surface area contributed by atoms with E-state index in [4.69, 9.17) is 4.42 Å². The minimum absolute atomic E-state index is 0.0823. The van der Waals surface area contributed by atoms with E-state index in [1.807, 2.05) is 38.3 Å². The maximum Gasteiger partial charge on any atom is 0.192 e. The van der Waals surface area contributed by atoms with Crippen molar-refractivity contribution in [3.63, 3.8) is 0 Å². The second-order valence-corrected chi connectivity index (χ2v) is 7.84. The van der Waals surface area contributed by atoms with Crippen LogP contribution in [-0.4, -0.2) is 4.98 Å². The highest BCUT2D eigenvalue weighted by molar-refractivity contribution is 7.10. The van der Waals surface area contributed by atoms with Crippen molar-refractivity contribution in [1.82, 2.24) is 10.3 Å². The van der Waals surface area contributed by atoms with Gasteiger partial charge in [-0.25, -0.2) is 4.98 Å².